The molecule has 7 nitrogen and oxygen atoms in total. The number of aromatic nitrogens is 3. The zero-order chi connectivity index (χ0) is 21.0. The molecule has 29 heavy (non-hydrogen) atoms. The average Bonchev–Trinajstić information content (AvgIpc) is 3.07. The number of methoxy groups -OCH3 is 1. The highest BCUT2D eigenvalue weighted by Gasteiger charge is 2.26. The van der Waals surface area contributed by atoms with Gasteiger partial charge in [-0.05, 0) is 44.0 Å². The lowest BCUT2D eigenvalue weighted by Gasteiger charge is -2.35. The summed E-state index contributed by atoms with van der Waals surface area (Å²) in [6, 6.07) is 7.80. The first-order chi connectivity index (χ1) is 13.9. The summed E-state index contributed by atoms with van der Waals surface area (Å²) >= 11 is 1.45. The van der Waals surface area contributed by atoms with Crippen molar-refractivity contribution < 1.29 is 14.3 Å². The molecule has 0 aliphatic carbocycles. The zero-order valence-corrected chi connectivity index (χ0v) is 18.6. The number of ether oxygens (including phenoxy) is 2. The van der Waals surface area contributed by atoms with E-state index in [9.17, 15) is 4.79 Å². The Kier molecular flexibility index (Phi) is 7.18. The summed E-state index contributed by atoms with van der Waals surface area (Å²) in [7, 11) is 1.65. The second kappa shape index (κ2) is 9.63. The minimum atomic E-state index is 0.0685. The van der Waals surface area contributed by atoms with Crippen molar-refractivity contribution in [3.8, 4) is 17.1 Å². The van der Waals surface area contributed by atoms with Crippen LogP contribution in [0.15, 0.2) is 29.4 Å². The van der Waals surface area contributed by atoms with Crippen LogP contribution in [0.2, 0.25) is 0 Å². The third-order valence-electron chi connectivity index (χ3n) is 4.71. The zero-order valence-electron chi connectivity index (χ0n) is 17.8. The molecule has 0 radical (unpaired) electrons. The van der Waals surface area contributed by atoms with Gasteiger partial charge in [0.05, 0.1) is 25.1 Å². The van der Waals surface area contributed by atoms with Crippen LogP contribution >= 0.6 is 11.8 Å². The Hall–Kier alpha value is -2.06. The molecular weight excluding hydrogens is 388 g/mol. The van der Waals surface area contributed by atoms with E-state index in [0.29, 0.717) is 24.8 Å². The van der Waals surface area contributed by atoms with E-state index in [2.05, 4.69) is 28.6 Å². The van der Waals surface area contributed by atoms with E-state index in [0.717, 1.165) is 28.8 Å². The first-order valence-corrected chi connectivity index (χ1v) is 11.0. The van der Waals surface area contributed by atoms with Crippen molar-refractivity contribution in [1.82, 2.24) is 19.7 Å². The lowest BCUT2D eigenvalue weighted by molar-refractivity contribution is -0.140. The van der Waals surface area contributed by atoms with Gasteiger partial charge in [-0.2, -0.15) is 0 Å². The van der Waals surface area contributed by atoms with E-state index < -0.39 is 0 Å². The van der Waals surface area contributed by atoms with Gasteiger partial charge in [-0.25, -0.2) is 0 Å². The van der Waals surface area contributed by atoms with E-state index in [1.54, 1.807) is 7.11 Å². The summed E-state index contributed by atoms with van der Waals surface area (Å²) in [4.78, 5) is 14.6. The smallest absolute Gasteiger partial charge is 0.233 e. The van der Waals surface area contributed by atoms with E-state index in [-0.39, 0.29) is 18.1 Å². The summed E-state index contributed by atoms with van der Waals surface area (Å²) in [5.74, 6) is 2.50. The predicted octanol–water partition coefficient (Wildman–Crippen LogP) is 3.34. The number of carbonyl (C=O) groups is 1. The van der Waals surface area contributed by atoms with Crippen LogP contribution < -0.4 is 4.74 Å². The van der Waals surface area contributed by atoms with E-state index in [1.807, 2.05) is 43.0 Å². The van der Waals surface area contributed by atoms with Crippen molar-refractivity contribution in [3.05, 3.63) is 24.3 Å². The van der Waals surface area contributed by atoms with Gasteiger partial charge in [0, 0.05) is 25.2 Å². The molecule has 0 saturated carbocycles. The van der Waals surface area contributed by atoms with Crippen molar-refractivity contribution >= 4 is 17.7 Å². The molecule has 2 heterocycles. The van der Waals surface area contributed by atoms with Crippen LogP contribution in [0.5, 0.6) is 5.75 Å². The Balaban J connectivity index is 1.74. The van der Waals surface area contributed by atoms with Gasteiger partial charge < -0.3 is 18.9 Å². The summed E-state index contributed by atoms with van der Waals surface area (Å²) in [6.45, 7) is 10.4. The number of hydrogen-bond donors (Lipinski definition) is 0. The molecule has 0 N–H and O–H groups in total. The molecule has 8 heteroatoms. The minimum Gasteiger partial charge on any atom is -0.497 e. The normalized spacial score (nSPS) is 19.6. The van der Waals surface area contributed by atoms with Gasteiger partial charge in [0.1, 0.15) is 5.75 Å². The Labute approximate surface area is 176 Å². The molecule has 0 unspecified atom stereocenters. The number of thioether (sulfide) groups is 1. The number of rotatable bonds is 7. The second-order valence-electron chi connectivity index (χ2n) is 7.88. The standard InChI is InChI=1S/C21H30N4O3S/c1-14(2)10-25-20(17-6-8-18(27-5)9-7-17)22-23-21(25)29-13-19(26)24-11-15(3)28-16(4)12-24/h6-9,14-16H,10-13H2,1-5H3/t15-,16+. The maximum atomic E-state index is 12.7. The summed E-state index contributed by atoms with van der Waals surface area (Å²) < 4.78 is 13.1. The highest BCUT2D eigenvalue weighted by molar-refractivity contribution is 7.99. The molecular formula is C21H30N4O3S. The quantitative estimate of drug-likeness (QED) is 0.643. The van der Waals surface area contributed by atoms with Crippen LogP contribution in [0.1, 0.15) is 27.7 Å². The SMILES string of the molecule is COc1ccc(-c2nnc(SCC(=O)N3C[C@@H](C)O[C@@H](C)C3)n2CC(C)C)cc1. The minimum absolute atomic E-state index is 0.0685. The van der Waals surface area contributed by atoms with Crippen molar-refractivity contribution in [2.75, 3.05) is 26.0 Å². The van der Waals surface area contributed by atoms with Crippen LogP contribution in [-0.4, -0.2) is 63.7 Å². The largest absolute Gasteiger partial charge is 0.497 e. The third-order valence-corrected chi connectivity index (χ3v) is 5.66. The van der Waals surface area contributed by atoms with Crippen LogP contribution in [0.4, 0.5) is 0 Å². The van der Waals surface area contributed by atoms with Gasteiger partial charge in [-0.1, -0.05) is 25.6 Å². The van der Waals surface area contributed by atoms with Crippen LogP contribution in [-0.2, 0) is 16.1 Å². The molecule has 1 amide bonds. The first kappa shape index (κ1) is 21.6. The molecule has 1 aromatic carbocycles. The Bertz CT molecular complexity index is 812. The number of morpholine rings is 1. The molecule has 2 aromatic rings. The molecule has 3 rings (SSSR count). The molecule has 0 spiro atoms. The molecule has 1 fully saturated rings. The lowest BCUT2D eigenvalue weighted by Crippen LogP contribution is -2.48. The fourth-order valence-corrected chi connectivity index (χ4v) is 4.33. The highest BCUT2D eigenvalue weighted by atomic mass is 32.2. The van der Waals surface area contributed by atoms with Crippen molar-refractivity contribution in [2.45, 2.75) is 51.6 Å². The van der Waals surface area contributed by atoms with E-state index >= 15 is 0 Å². The Morgan fingerprint density at radius 3 is 2.45 bits per heavy atom. The van der Waals surface area contributed by atoms with Gasteiger partial charge in [-0.3, -0.25) is 4.79 Å². The molecule has 1 aliphatic heterocycles. The fourth-order valence-electron chi connectivity index (χ4n) is 3.48. The fraction of sp³-hybridized carbons (Fsp3) is 0.571. The van der Waals surface area contributed by atoms with Gasteiger partial charge in [0.15, 0.2) is 11.0 Å². The monoisotopic (exact) mass is 418 g/mol. The van der Waals surface area contributed by atoms with Gasteiger partial charge in [-0.15, -0.1) is 10.2 Å². The van der Waals surface area contributed by atoms with Crippen molar-refractivity contribution in [1.29, 1.82) is 0 Å². The van der Waals surface area contributed by atoms with Crippen molar-refractivity contribution in [3.63, 3.8) is 0 Å². The third kappa shape index (κ3) is 5.51. The number of amides is 1. The maximum Gasteiger partial charge on any atom is 0.233 e. The maximum absolute atomic E-state index is 12.7. The summed E-state index contributed by atoms with van der Waals surface area (Å²) in [6.07, 6.45) is 0.137. The molecule has 158 valence electrons. The van der Waals surface area contributed by atoms with E-state index in [4.69, 9.17) is 9.47 Å². The van der Waals surface area contributed by atoms with Crippen molar-refractivity contribution in [2.24, 2.45) is 5.92 Å². The number of benzene rings is 1. The molecule has 2 atom stereocenters. The average molecular weight is 419 g/mol. The highest BCUT2D eigenvalue weighted by Crippen LogP contribution is 2.27. The number of nitrogens with zero attached hydrogens (tertiary/aromatic N) is 4. The van der Waals surface area contributed by atoms with Gasteiger partial charge in [0.2, 0.25) is 5.91 Å². The topological polar surface area (TPSA) is 69.5 Å². The van der Waals surface area contributed by atoms with Gasteiger partial charge in [0.25, 0.3) is 0 Å². The van der Waals surface area contributed by atoms with Gasteiger partial charge >= 0.3 is 0 Å². The van der Waals surface area contributed by atoms with Crippen LogP contribution in [0.25, 0.3) is 11.4 Å². The summed E-state index contributed by atoms with van der Waals surface area (Å²) in [5, 5.41) is 9.57. The van der Waals surface area contributed by atoms with Crippen LogP contribution in [0.3, 0.4) is 0 Å². The molecule has 0 bridgehead atoms. The Morgan fingerprint density at radius 2 is 1.86 bits per heavy atom. The number of hydrogen-bond acceptors (Lipinski definition) is 6. The molecule has 1 saturated heterocycles. The Morgan fingerprint density at radius 1 is 1.21 bits per heavy atom. The lowest BCUT2D eigenvalue weighted by atomic mass is 10.2. The molecule has 1 aromatic heterocycles. The van der Waals surface area contributed by atoms with E-state index in [1.165, 1.54) is 11.8 Å². The van der Waals surface area contributed by atoms with Crippen LogP contribution in [0, 0.1) is 5.92 Å². The first-order valence-electron chi connectivity index (χ1n) is 10.0. The second-order valence-corrected chi connectivity index (χ2v) is 8.83. The molecule has 1 aliphatic rings. The predicted molar refractivity (Wildman–Crippen MR) is 114 cm³/mol. The number of carbonyl (C=O) groups excluding carboxylic acids is 1. The summed E-state index contributed by atoms with van der Waals surface area (Å²) in [5.41, 5.74) is 0.980.